The van der Waals surface area contributed by atoms with Crippen LogP contribution in [0.4, 0.5) is 0 Å². The number of benzene rings is 2. The van der Waals surface area contributed by atoms with Gasteiger partial charge in [-0.2, -0.15) is 0 Å². The molecule has 4 N–H and O–H groups in total. The number of nitrogens with zero attached hydrogens (tertiary/aromatic N) is 1. The molecule has 2 aliphatic heterocycles. The van der Waals surface area contributed by atoms with E-state index in [9.17, 15) is 14.7 Å². The average Bonchev–Trinajstić information content (AvgIpc) is 2.76. The molecule has 0 radical (unpaired) electrons. The first kappa shape index (κ1) is 19.6. The zero-order chi connectivity index (χ0) is 20.4. The van der Waals surface area contributed by atoms with E-state index in [1.807, 2.05) is 42.5 Å². The van der Waals surface area contributed by atoms with Crippen LogP contribution in [0.15, 0.2) is 54.6 Å². The van der Waals surface area contributed by atoms with Crippen molar-refractivity contribution >= 4 is 11.8 Å². The molecule has 152 valence electrons. The maximum absolute atomic E-state index is 13.1. The number of nitrogens with one attached hydrogen (secondary N) is 1. The molecule has 0 aliphatic carbocycles. The summed E-state index contributed by atoms with van der Waals surface area (Å²) < 4.78 is 0. The van der Waals surface area contributed by atoms with Crippen molar-refractivity contribution in [1.29, 1.82) is 0 Å². The second-order valence-corrected chi connectivity index (χ2v) is 8.14. The molecule has 4 rings (SSSR count). The van der Waals surface area contributed by atoms with Gasteiger partial charge < -0.3 is 21.1 Å². The molecule has 2 aromatic carbocycles. The summed E-state index contributed by atoms with van der Waals surface area (Å²) in [6.45, 7) is 1.38. The number of rotatable bonds is 3. The summed E-state index contributed by atoms with van der Waals surface area (Å²) in [6.07, 6.45) is 1.08. The minimum absolute atomic E-state index is 0.0763. The van der Waals surface area contributed by atoms with E-state index in [1.54, 1.807) is 17.0 Å². The van der Waals surface area contributed by atoms with Crippen LogP contribution in [0.5, 0.6) is 0 Å². The van der Waals surface area contributed by atoms with E-state index in [0.29, 0.717) is 38.0 Å². The van der Waals surface area contributed by atoms with Crippen LogP contribution in [0.25, 0.3) is 0 Å². The van der Waals surface area contributed by atoms with Crippen LogP contribution in [0.3, 0.4) is 0 Å². The number of hydrogen-bond donors (Lipinski definition) is 3. The molecule has 0 aromatic heterocycles. The Hall–Kier alpha value is -2.70. The third-order valence-corrected chi connectivity index (χ3v) is 6.21. The summed E-state index contributed by atoms with van der Waals surface area (Å²) in [7, 11) is 0. The lowest BCUT2D eigenvalue weighted by Crippen LogP contribution is -2.60. The van der Waals surface area contributed by atoms with Gasteiger partial charge in [0.15, 0.2) is 0 Å². The van der Waals surface area contributed by atoms with E-state index < -0.39 is 17.6 Å². The van der Waals surface area contributed by atoms with E-state index in [-0.39, 0.29) is 11.8 Å². The van der Waals surface area contributed by atoms with E-state index >= 15 is 0 Å². The summed E-state index contributed by atoms with van der Waals surface area (Å²) in [6, 6.07) is 16.4. The van der Waals surface area contributed by atoms with Crippen LogP contribution >= 0.6 is 0 Å². The Morgan fingerprint density at radius 3 is 2.59 bits per heavy atom. The highest BCUT2D eigenvalue weighted by Crippen LogP contribution is 2.41. The van der Waals surface area contributed by atoms with Gasteiger partial charge in [-0.1, -0.05) is 42.5 Å². The van der Waals surface area contributed by atoms with Crippen molar-refractivity contribution in [2.75, 3.05) is 13.1 Å². The number of carbonyl (C=O) groups excluding carboxylic acids is 2. The Kier molecular flexibility index (Phi) is 5.39. The highest BCUT2D eigenvalue weighted by Gasteiger charge is 2.50. The highest BCUT2D eigenvalue weighted by molar-refractivity contribution is 5.95. The predicted molar refractivity (Wildman–Crippen MR) is 110 cm³/mol. The van der Waals surface area contributed by atoms with E-state index in [1.165, 1.54) is 0 Å². The van der Waals surface area contributed by atoms with E-state index in [0.717, 1.165) is 17.5 Å². The van der Waals surface area contributed by atoms with Crippen molar-refractivity contribution < 1.29 is 14.7 Å². The predicted octanol–water partition coefficient (Wildman–Crippen LogP) is 1.99. The lowest BCUT2D eigenvalue weighted by molar-refractivity contribution is -0.143. The van der Waals surface area contributed by atoms with Crippen LogP contribution in [0.1, 0.15) is 46.8 Å². The molecule has 6 heteroatoms. The van der Waals surface area contributed by atoms with Crippen molar-refractivity contribution in [2.45, 2.75) is 38.0 Å². The van der Waals surface area contributed by atoms with Crippen LogP contribution in [0.2, 0.25) is 0 Å². The van der Waals surface area contributed by atoms with Gasteiger partial charge in [0.1, 0.15) is 0 Å². The second-order valence-electron chi connectivity index (χ2n) is 8.14. The minimum atomic E-state index is -0.740. The summed E-state index contributed by atoms with van der Waals surface area (Å²) in [5.74, 6) is -0.159. The standard InChI is InChI=1S/C23H27N3O3/c24-14-16-7-9-18(10-8-16)21(28)26-12-4-11-23(15-26)13-19(27)20(25-22(23)29)17-5-2-1-3-6-17/h1-3,5-10,19-20,27H,4,11-15,24H2,(H,25,29)/t19-,20+,23-/m1/s1. The molecule has 2 amide bonds. The maximum atomic E-state index is 13.1. The van der Waals surface area contributed by atoms with Gasteiger partial charge in [0.05, 0.1) is 17.6 Å². The second kappa shape index (κ2) is 7.97. The molecule has 2 heterocycles. The van der Waals surface area contributed by atoms with Crippen LogP contribution in [-0.4, -0.2) is 41.0 Å². The fourth-order valence-electron chi connectivity index (χ4n) is 4.59. The number of piperidine rings is 2. The van der Waals surface area contributed by atoms with Crippen molar-refractivity contribution in [1.82, 2.24) is 10.2 Å². The van der Waals surface area contributed by atoms with Gasteiger partial charge in [-0.25, -0.2) is 0 Å². The first-order valence-corrected chi connectivity index (χ1v) is 10.1. The topological polar surface area (TPSA) is 95.7 Å². The van der Waals surface area contributed by atoms with Crippen LogP contribution in [0, 0.1) is 5.41 Å². The molecular weight excluding hydrogens is 366 g/mol. The molecule has 3 atom stereocenters. The molecule has 2 aromatic rings. The number of aliphatic hydroxyl groups excluding tert-OH is 1. The number of likely N-dealkylation sites (tertiary alicyclic amines) is 1. The van der Waals surface area contributed by atoms with Gasteiger partial charge in [-0.05, 0) is 42.5 Å². The first-order chi connectivity index (χ1) is 14.0. The van der Waals surface area contributed by atoms with Crippen molar-refractivity contribution in [3.63, 3.8) is 0 Å². The fourth-order valence-corrected chi connectivity index (χ4v) is 4.59. The average molecular weight is 393 g/mol. The Morgan fingerprint density at radius 2 is 1.90 bits per heavy atom. The zero-order valence-corrected chi connectivity index (χ0v) is 16.4. The van der Waals surface area contributed by atoms with Crippen LogP contribution < -0.4 is 11.1 Å². The van der Waals surface area contributed by atoms with Gasteiger partial charge in [-0.3, -0.25) is 9.59 Å². The minimum Gasteiger partial charge on any atom is -0.391 e. The number of nitrogens with two attached hydrogens (primary N) is 1. The van der Waals surface area contributed by atoms with Gasteiger partial charge in [-0.15, -0.1) is 0 Å². The lowest BCUT2D eigenvalue weighted by Gasteiger charge is -2.47. The number of hydrogen-bond acceptors (Lipinski definition) is 4. The van der Waals surface area contributed by atoms with Crippen LogP contribution in [-0.2, 0) is 11.3 Å². The van der Waals surface area contributed by atoms with E-state index in [4.69, 9.17) is 5.73 Å². The number of carbonyl (C=O) groups is 2. The molecular formula is C23H27N3O3. The summed E-state index contributed by atoms with van der Waals surface area (Å²) in [5, 5.41) is 13.8. The number of aliphatic hydroxyl groups is 1. The monoisotopic (exact) mass is 393 g/mol. The summed E-state index contributed by atoms with van der Waals surface area (Å²) in [5.41, 5.74) is 7.35. The smallest absolute Gasteiger partial charge is 0.253 e. The first-order valence-electron chi connectivity index (χ1n) is 10.1. The molecule has 2 aliphatic rings. The molecule has 29 heavy (non-hydrogen) atoms. The maximum Gasteiger partial charge on any atom is 0.253 e. The van der Waals surface area contributed by atoms with Crippen molar-refractivity contribution in [3.05, 3.63) is 71.3 Å². The summed E-state index contributed by atoms with van der Waals surface area (Å²) in [4.78, 5) is 27.9. The Balaban J connectivity index is 1.51. The molecule has 1 spiro atoms. The molecule has 0 unspecified atom stereocenters. The molecule has 0 bridgehead atoms. The molecule has 0 saturated carbocycles. The molecule has 2 saturated heterocycles. The Bertz CT molecular complexity index is 884. The van der Waals surface area contributed by atoms with Gasteiger partial charge in [0.25, 0.3) is 5.91 Å². The Labute approximate surface area is 170 Å². The van der Waals surface area contributed by atoms with Gasteiger partial charge in [0, 0.05) is 25.2 Å². The fraction of sp³-hybridized carbons (Fsp3) is 0.391. The number of amides is 2. The van der Waals surface area contributed by atoms with Crippen molar-refractivity contribution in [2.24, 2.45) is 11.1 Å². The SMILES string of the molecule is NCc1ccc(C(=O)N2CCC[C@@]3(C[C@@H](O)[C@H](c4ccccc4)NC3=O)C2)cc1. The third kappa shape index (κ3) is 3.78. The Morgan fingerprint density at radius 1 is 1.17 bits per heavy atom. The summed E-state index contributed by atoms with van der Waals surface area (Å²) >= 11 is 0. The lowest BCUT2D eigenvalue weighted by atomic mass is 9.70. The molecule has 6 nitrogen and oxygen atoms in total. The van der Waals surface area contributed by atoms with Gasteiger partial charge in [0.2, 0.25) is 5.91 Å². The largest absolute Gasteiger partial charge is 0.391 e. The van der Waals surface area contributed by atoms with E-state index in [2.05, 4.69) is 5.32 Å². The normalized spacial score (nSPS) is 27.0. The van der Waals surface area contributed by atoms with Gasteiger partial charge >= 0.3 is 0 Å². The highest BCUT2D eigenvalue weighted by atomic mass is 16.3. The molecule has 2 fully saturated rings. The third-order valence-electron chi connectivity index (χ3n) is 6.21. The van der Waals surface area contributed by atoms with Crippen molar-refractivity contribution in [3.8, 4) is 0 Å². The zero-order valence-electron chi connectivity index (χ0n) is 16.4. The quantitative estimate of drug-likeness (QED) is 0.743.